The number of anilines is 1. The number of hydrogen-bond acceptors (Lipinski definition) is 7. The fraction of sp³-hybridized carbons (Fsp3) is 0.257. The Morgan fingerprint density at radius 1 is 1.00 bits per heavy atom. The molecular weight excluding hydrogens is 538 g/mol. The van der Waals surface area contributed by atoms with Gasteiger partial charge < -0.3 is 19.3 Å². The largest absolute Gasteiger partial charge is 0.492 e. The van der Waals surface area contributed by atoms with Crippen molar-refractivity contribution in [2.75, 3.05) is 31.1 Å². The van der Waals surface area contributed by atoms with Crippen LogP contribution in [0, 0.1) is 11.3 Å². The van der Waals surface area contributed by atoms with Crippen LogP contribution in [0.2, 0.25) is 0 Å². The highest BCUT2D eigenvalue weighted by atomic mass is 16.6. The van der Waals surface area contributed by atoms with Crippen LogP contribution in [0.15, 0.2) is 85.2 Å². The number of nitriles is 1. The van der Waals surface area contributed by atoms with Gasteiger partial charge in [-0.15, -0.1) is 0 Å². The van der Waals surface area contributed by atoms with Gasteiger partial charge in [-0.1, -0.05) is 72.8 Å². The maximum atomic E-state index is 13.1. The van der Waals surface area contributed by atoms with Gasteiger partial charge in [-0.2, -0.15) is 5.26 Å². The van der Waals surface area contributed by atoms with E-state index in [4.69, 9.17) is 19.4 Å². The minimum atomic E-state index is -0.406. The fourth-order valence-corrected chi connectivity index (χ4v) is 6.36. The molecule has 1 aromatic heterocycles. The van der Waals surface area contributed by atoms with Crippen LogP contribution < -0.4 is 9.64 Å². The number of ether oxygens (including phenoxy) is 2. The molecule has 7 rings (SSSR count). The summed E-state index contributed by atoms with van der Waals surface area (Å²) in [5, 5.41) is 12.9. The molecule has 0 radical (unpaired) electrons. The first-order valence-electron chi connectivity index (χ1n) is 14.7. The highest BCUT2D eigenvalue weighted by Crippen LogP contribution is 2.44. The smallest absolute Gasteiger partial charge is 0.410 e. The van der Waals surface area contributed by atoms with Crippen LogP contribution in [0.1, 0.15) is 24.0 Å². The second-order valence-electron chi connectivity index (χ2n) is 11.0. The van der Waals surface area contributed by atoms with Crippen LogP contribution in [0.5, 0.6) is 5.75 Å². The summed E-state index contributed by atoms with van der Waals surface area (Å²) in [6.07, 6.45) is 3.22. The number of fused-ring (bicyclic) bond motifs is 4. The van der Waals surface area contributed by atoms with Crippen LogP contribution >= 0.6 is 0 Å². The van der Waals surface area contributed by atoms with E-state index in [0.29, 0.717) is 26.2 Å². The Bertz CT molecular complexity index is 1850. The first kappa shape index (κ1) is 26.7. The molecule has 1 atom stereocenters. The zero-order valence-corrected chi connectivity index (χ0v) is 23.8. The molecular formula is C35H31N5O3. The Kier molecular flexibility index (Phi) is 7.22. The minimum Gasteiger partial charge on any atom is -0.492 e. The lowest BCUT2D eigenvalue weighted by Gasteiger charge is -2.40. The number of carbonyl (C=O) groups is 1. The van der Waals surface area contributed by atoms with E-state index < -0.39 is 6.09 Å². The molecule has 8 heteroatoms. The fourth-order valence-electron chi connectivity index (χ4n) is 6.36. The zero-order valence-electron chi connectivity index (χ0n) is 23.8. The maximum absolute atomic E-state index is 13.1. The van der Waals surface area contributed by atoms with Gasteiger partial charge in [-0.25, -0.2) is 14.8 Å². The summed E-state index contributed by atoms with van der Waals surface area (Å²) < 4.78 is 12.0. The first-order valence-corrected chi connectivity index (χ1v) is 14.7. The van der Waals surface area contributed by atoms with Crippen molar-refractivity contribution in [1.29, 1.82) is 5.26 Å². The third-order valence-electron chi connectivity index (χ3n) is 8.41. The lowest BCUT2D eigenvalue weighted by atomic mass is 9.89. The number of aromatic nitrogens is 2. The SMILES string of the molecule is N#CC[C@H]1CN(c2ncnc3cc(-c4cccc5ccccc45)c4c(c23)OCCC4)CCN1C(=O)OCc1ccccc1. The van der Waals surface area contributed by atoms with Crippen LogP contribution in [-0.4, -0.2) is 53.2 Å². The van der Waals surface area contributed by atoms with Gasteiger partial charge in [0.25, 0.3) is 0 Å². The average molecular weight is 570 g/mol. The molecule has 5 aromatic rings. The number of piperazine rings is 1. The van der Waals surface area contributed by atoms with Crippen molar-refractivity contribution >= 4 is 33.6 Å². The normalized spacial score (nSPS) is 16.4. The predicted octanol–water partition coefficient (Wildman–Crippen LogP) is 6.52. The molecule has 0 spiro atoms. The summed E-state index contributed by atoms with van der Waals surface area (Å²) in [5.74, 6) is 1.61. The molecule has 2 aliphatic rings. The molecule has 0 N–H and O–H groups in total. The summed E-state index contributed by atoms with van der Waals surface area (Å²) in [5.41, 5.74) is 5.21. The maximum Gasteiger partial charge on any atom is 0.410 e. The lowest BCUT2D eigenvalue weighted by Crippen LogP contribution is -2.55. The van der Waals surface area contributed by atoms with Gasteiger partial charge in [0.1, 0.15) is 24.5 Å². The van der Waals surface area contributed by atoms with E-state index in [1.165, 1.54) is 21.9 Å². The summed E-state index contributed by atoms with van der Waals surface area (Å²) in [4.78, 5) is 26.4. The summed E-state index contributed by atoms with van der Waals surface area (Å²) >= 11 is 0. The van der Waals surface area contributed by atoms with E-state index in [1.54, 1.807) is 11.2 Å². The number of rotatable bonds is 5. The second kappa shape index (κ2) is 11.6. The van der Waals surface area contributed by atoms with Gasteiger partial charge in [0, 0.05) is 25.2 Å². The number of nitrogens with zero attached hydrogens (tertiary/aromatic N) is 5. The van der Waals surface area contributed by atoms with Crippen molar-refractivity contribution in [3.63, 3.8) is 0 Å². The van der Waals surface area contributed by atoms with Gasteiger partial charge >= 0.3 is 6.09 Å². The van der Waals surface area contributed by atoms with Gasteiger partial charge in [0.05, 0.1) is 36.0 Å². The van der Waals surface area contributed by atoms with Crippen LogP contribution in [0.4, 0.5) is 10.6 Å². The van der Waals surface area contributed by atoms with Gasteiger partial charge in [-0.05, 0) is 46.4 Å². The van der Waals surface area contributed by atoms with E-state index >= 15 is 0 Å². The molecule has 214 valence electrons. The van der Waals surface area contributed by atoms with E-state index in [0.717, 1.165) is 46.4 Å². The molecule has 0 bridgehead atoms. The standard InChI is InChI=1S/C35H31N5O3/c36-16-15-26-21-39(17-18-40(26)35(41)43-22-24-8-2-1-3-9-24)34-32-31(37-23-38-34)20-30(29-14-7-19-42-33(29)32)28-13-6-11-25-10-4-5-12-27(25)28/h1-6,8-13,20,23,26H,7,14-15,17-19,21-22H2/t26-/m0/s1. The summed E-state index contributed by atoms with van der Waals surface area (Å²) in [7, 11) is 0. The molecule has 4 aromatic carbocycles. The van der Waals surface area contributed by atoms with E-state index in [-0.39, 0.29) is 19.1 Å². The Labute approximate surface area is 250 Å². The Morgan fingerprint density at radius 3 is 2.72 bits per heavy atom. The lowest BCUT2D eigenvalue weighted by molar-refractivity contribution is 0.0768. The number of benzene rings is 4. The minimum absolute atomic E-state index is 0.193. The number of amides is 1. The monoisotopic (exact) mass is 569 g/mol. The third kappa shape index (κ3) is 5.08. The van der Waals surface area contributed by atoms with E-state index in [9.17, 15) is 10.1 Å². The van der Waals surface area contributed by atoms with Crippen molar-refractivity contribution in [3.05, 3.63) is 96.3 Å². The topological polar surface area (TPSA) is 91.6 Å². The molecule has 1 amide bonds. The molecule has 0 unspecified atom stereocenters. The van der Waals surface area contributed by atoms with Crippen molar-refractivity contribution < 1.29 is 14.3 Å². The Balaban J connectivity index is 1.23. The van der Waals surface area contributed by atoms with E-state index in [2.05, 4.69) is 59.5 Å². The molecule has 0 aliphatic carbocycles. The van der Waals surface area contributed by atoms with Crippen LogP contribution in [-0.2, 0) is 17.8 Å². The van der Waals surface area contributed by atoms with Gasteiger partial charge in [0.2, 0.25) is 0 Å². The quantitative estimate of drug-likeness (QED) is 0.238. The Morgan fingerprint density at radius 2 is 1.84 bits per heavy atom. The molecule has 2 aliphatic heterocycles. The predicted molar refractivity (Wildman–Crippen MR) is 166 cm³/mol. The number of carbonyl (C=O) groups excluding carboxylic acids is 1. The van der Waals surface area contributed by atoms with Crippen LogP contribution in [0.3, 0.4) is 0 Å². The summed E-state index contributed by atoms with van der Waals surface area (Å²) in [6, 6.07) is 28.5. The second-order valence-corrected chi connectivity index (χ2v) is 11.0. The Hall–Kier alpha value is -5.16. The zero-order chi connectivity index (χ0) is 29.2. The van der Waals surface area contributed by atoms with Crippen molar-refractivity contribution in [3.8, 4) is 22.9 Å². The molecule has 3 heterocycles. The van der Waals surface area contributed by atoms with Crippen molar-refractivity contribution in [2.24, 2.45) is 0 Å². The van der Waals surface area contributed by atoms with Gasteiger partial charge in [-0.3, -0.25) is 0 Å². The van der Waals surface area contributed by atoms with Crippen molar-refractivity contribution in [2.45, 2.75) is 31.9 Å². The van der Waals surface area contributed by atoms with Gasteiger partial charge in [0.15, 0.2) is 0 Å². The molecule has 1 saturated heterocycles. The molecule has 0 saturated carbocycles. The first-order chi connectivity index (χ1) is 21.2. The number of hydrogen-bond donors (Lipinski definition) is 0. The molecule has 43 heavy (non-hydrogen) atoms. The summed E-state index contributed by atoms with van der Waals surface area (Å²) in [6.45, 7) is 2.25. The van der Waals surface area contributed by atoms with Crippen molar-refractivity contribution in [1.82, 2.24) is 14.9 Å². The third-order valence-corrected chi connectivity index (χ3v) is 8.41. The van der Waals surface area contributed by atoms with E-state index in [1.807, 2.05) is 30.3 Å². The molecule has 8 nitrogen and oxygen atoms in total. The molecule has 1 fully saturated rings. The van der Waals surface area contributed by atoms with Crippen LogP contribution in [0.25, 0.3) is 32.8 Å². The average Bonchev–Trinajstić information content (AvgIpc) is 3.07. The highest BCUT2D eigenvalue weighted by Gasteiger charge is 2.34. The highest BCUT2D eigenvalue weighted by molar-refractivity contribution is 6.04.